The lowest BCUT2D eigenvalue weighted by molar-refractivity contribution is -0.149. The molecule has 25 heavy (non-hydrogen) atoms. The number of para-hydroxylation sites is 1. The van der Waals surface area contributed by atoms with E-state index in [4.69, 9.17) is 9.72 Å². The van der Waals surface area contributed by atoms with Gasteiger partial charge in [-0.05, 0) is 47.8 Å². The van der Waals surface area contributed by atoms with E-state index in [-0.39, 0.29) is 17.9 Å². The monoisotopic (exact) mass is 400 g/mol. The number of fused-ring (bicyclic) bond motifs is 1. The average molecular weight is 401 g/mol. The van der Waals surface area contributed by atoms with E-state index in [1.165, 1.54) is 7.11 Å². The quantitative estimate of drug-likeness (QED) is 0.627. The van der Waals surface area contributed by atoms with Crippen molar-refractivity contribution in [3.05, 3.63) is 40.8 Å². The van der Waals surface area contributed by atoms with Crippen LogP contribution >= 0.6 is 15.9 Å². The van der Waals surface area contributed by atoms with Gasteiger partial charge in [0.2, 0.25) is 0 Å². The van der Waals surface area contributed by atoms with E-state index in [0.717, 1.165) is 45.3 Å². The third kappa shape index (κ3) is 2.82. The van der Waals surface area contributed by atoms with Gasteiger partial charge >= 0.3 is 5.97 Å². The first-order valence-electron chi connectivity index (χ1n) is 8.12. The SMILES string of the molecule is COC(=O)[C@H]1C[C@H](n2cc(-c3cnc4c(Br)cccc4n3)c(C)n2)C1. The van der Waals surface area contributed by atoms with E-state index >= 15 is 0 Å². The van der Waals surface area contributed by atoms with Gasteiger partial charge in [-0.1, -0.05) is 6.07 Å². The Kier molecular flexibility index (Phi) is 4.03. The average Bonchev–Trinajstić information content (AvgIpc) is 2.94. The molecule has 0 bridgehead atoms. The number of methoxy groups -OCH3 is 1. The molecule has 1 aromatic carbocycles. The highest BCUT2D eigenvalue weighted by atomic mass is 79.9. The van der Waals surface area contributed by atoms with Crippen LogP contribution < -0.4 is 0 Å². The predicted octanol–water partition coefficient (Wildman–Crippen LogP) is 3.69. The fourth-order valence-electron chi connectivity index (χ4n) is 3.22. The summed E-state index contributed by atoms with van der Waals surface area (Å²) >= 11 is 3.50. The smallest absolute Gasteiger partial charge is 0.308 e. The first kappa shape index (κ1) is 16.2. The highest BCUT2D eigenvalue weighted by molar-refractivity contribution is 9.10. The zero-order chi connectivity index (χ0) is 17.6. The van der Waals surface area contributed by atoms with Crippen molar-refractivity contribution >= 4 is 32.9 Å². The maximum Gasteiger partial charge on any atom is 0.308 e. The number of benzene rings is 1. The number of carbonyl (C=O) groups excluding carboxylic acids is 1. The van der Waals surface area contributed by atoms with Gasteiger partial charge in [-0.15, -0.1) is 0 Å². The summed E-state index contributed by atoms with van der Waals surface area (Å²) in [5, 5.41) is 4.61. The summed E-state index contributed by atoms with van der Waals surface area (Å²) in [4.78, 5) is 20.8. The molecule has 0 saturated heterocycles. The number of rotatable bonds is 3. The van der Waals surface area contributed by atoms with E-state index in [2.05, 4.69) is 26.0 Å². The van der Waals surface area contributed by atoms with E-state index in [9.17, 15) is 4.79 Å². The number of nitrogens with zero attached hydrogens (tertiary/aromatic N) is 4. The summed E-state index contributed by atoms with van der Waals surface area (Å²) in [5.41, 5.74) is 4.36. The van der Waals surface area contributed by atoms with Crippen molar-refractivity contribution in [3.63, 3.8) is 0 Å². The zero-order valence-electron chi connectivity index (χ0n) is 13.9. The first-order chi connectivity index (χ1) is 12.1. The van der Waals surface area contributed by atoms with Gasteiger partial charge in [0.25, 0.3) is 0 Å². The largest absolute Gasteiger partial charge is 0.469 e. The van der Waals surface area contributed by atoms with Gasteiger partial charge in [-0.2, -0.15) is 5.10 Å². The van der Waals surface area contributed by atoms with Crippen LogP contribution in [-0.2, 0) is 9.53 Å². The minimum Gasteiger partial charge on any atom is -0.469 e. The molecular formula is C18H17BrN4O2. The number of aromatic nitrogens is 4. The summed E-state index contributed by atoms with van der Waals surface area (Å²) in [6, 6.07) is 6.08. The van der Waals surface area contributed by atoms with Crippen LogP contribution in [0.25, 0.3) is 22.3 Å². The number of aryl methyl sites for hydroxylation is 1. The molecular weight excluding hydrogens is 384 g/mol. The minimum atomic E-state index is -0.133. The maximum absolute atomic E-state index is 11.5. The van der Waals surface area contributed by atoms with Crippen molar-refractivity contribution in [1.29, 1.82) is 0 Å². The Bertz CT molecular complexity index is 963. The van der Waals surface area contributed by atoms with Crippen LogP contribution in [0.3, 0.4) is 0 Å². The van der Waals surface area contributed by atoms with Crippen LogP contribution in [0.4, 0.5) is 0 Å². The Morgan fingerprint density at radius 3 is 2.92 bits per heavy atom. The van der Waals surface area contributed by atoms with Crippen LogP contribution in [-0.4, -0.2) is 32.8 Å². The number of hydrogen-bond acceptors (Lipinski definition) is 5. The van der Waals surface area contributed by atoms with E-state index < -0.39 is 0 Å². The second-order valence-electron chi connectivity index (χ2n) is 6.32. The maximum atomic E-state index is 11.5. The van der Waals surface area contributed by atoms with Crippen molar-refractivity contribution in [2.75, 3.05) is 7.11 Å². The first-order valence-corrected chi connectivity index (χ1v) is 8.91. The Balaban J connectivity index is 1.62. The van der Waals surface area contributed by atoms with Crippen molar-refractivity contribution < 1.29 is 9.53 Å². The summed E-state index contributed by atoms with van der Waals surface area (Å²) < 4.78 is 7.67. The zero-order valence-corrected chi connectivity index (χ0v) is 15.5. The van der Waals surface area contributed by atoms with E-state index in [1.54, 1.807) is 6.20 Å². The molecule has 0 spiro atoms. The van der Waals surface area contributed by atoms with Gasteiger partial charge in [-0.25, -0.2) is 4.98 Å². The lowest BCUT2D eigenvalue weighted by atomic mass is 9.80. The number of ether oxygens (including phenoxy) is 1. The molecule has 0 amide bonds. The van der Waals surface area contributed by atoms with Gasteiger partial charge in [0, 0.05) is 16.2 Å². The second-order valence-corrected chi connectivity index (χ2v) is 7.17. The van der Waals surface area contributed by atoms with Crippen LogP contribution in [0, 0.1) is 12.8 Å². The molecule has 1 aliphatic carbocycles. The Hall–Kier alpha value is -2.28. The summed E-state index contributed by atoms with van der Waals surface area (Å²) in [7, 11) is 1.43. The normalized spacial score (nSPS) is 19.6. The fraction of sp³-hybridized carbons (Fsp3) is 0.333. The second kappa shape index (κ2) is 6.22. The van der Waals surface area contributed by atoms with Gasteiger partial charge in [0.1, 0.15) is 5.52 Å². The molecule has 128 valence electrons. The van der Waals surface area contributed by atoms with Gasteiger partial charge in [0.05, 0.1) is 42.2 Å². The molecule has 0 N–H and O–H groups in total. The third-order valence-electron chi connectivity index (χ3n) is 4.74. The number of carbonyl (C=O) groups is 1. The van der Waals surface area contributed by atoms with Crippen LogP contribution in [0.1, 0.15) is 24.6 Å². The highest BCUT2D eigenvalue weighted by Gasteiger charge is 2.37. The molecule has 7 heteroatoms. The van der Waals surface area contributed by atoms with Gasteiger partial charge in [-0.3, -0.25) is 14.5 Å². The summed E-state index contributed by atoms with van der Waals surface area (Å²) in [6.45, 7) is 1.97. The Morgan fingerprint density at radius 1 is 1.36 bits per heavy atom. The standard InChI is InChI=1S/C18H17BrN4O2/c1-10-13(9-23(22-10)12-6-11(7-12)18(24)25-2)16-8-20-17-14(19)4-3-5-15(17)21-16/h3-5,8-9,11-12H,6-7H2,1-2H3/t11-,12-. The van der Waals surface area contributed by atoms with Crippen LogP contribution in [0.5, 0.6) is 0 Å². The topological polar surface area (TPSA) is 69.9 Å². The molecule has 0 radical (unpaired) electrons. The molecule has 3 aromatic rings. The summed E-state index contributed by atoms with van der Waals surface area (Å²) in [6.07, 6.45) is 5.31. The highest BCUT2D eigenvalue weighted by Crippen LogP contribution is 2.39. The van der Waals surface area contributed by atoms with Crippen LogP contribution in [0.2, 0.25) is 0 Å². The van der Waals surface area contributed by atoms with E-state index in [0.29, 0.717) is 0 Å². The van der Waals surface area contributed by atoms with Crippen molar-refractivity contribution in [2.24, 2.45) is 5.92 Å². The predicted molar refractivity (Wildman–Crippen MR) is 97.0 cm³/mol. The molecule has 2 aromatic heterocycles. The van der Waals surface area contributed by atoms with Crippen molar-refractivity contribution in [2.45, 2.75) is 25.8 Å². The molecule has 4 rings (SSSR count). The van der Waals surface area contributed by atoms with Crippen LogP contribution in [0.15, 0.2) is 35.1 Å². The Labute approximate surface area is 153 Å². The molecule has 6 nitrogen and oxygen atoms in total. The van der Waals surface area contributed by atoms with Crippen molar-refractivity contribution in [3.8, 4) is 11.3 Å². The molecule has 0 aliphatic heterocycles. The molecule has 1 fully saturated rings. The number of hydrogen-bond donors (Lipinski definition) is 0. The molecule has 2 heterocycles. The number of esters is 1. The molecule has 0 unspecified atom stereocenters. The minimum absolute atomic E-state index is 0.0132. The lowest BCUT2D eigenvalue weighted by Gasteiger charge is -2.33. The fourth-order valence-corrected chi connectivity index (χ4v) is 3.68. The third-order valence-corrected chi connectivity index (χ3v) is 5.38. The lowest BCUT2D eigenvalue weighted by Crippen LogP contribution is -2.33. The van der Waals surface area contributed by atoms with Crippen molar-refractivity contribution in [1.82, 2.24) is 19.7 Å². The van der Waals surface area contributed by atoms with Gasteiger partial charge < -0.3 is 4.74 Å². The summed E-state index contributed by atoms with van der Waals surface area (Å²) in [5.74, 6) is -0.146. The van der Waals surface area contributed by atoms with E-state index in [1.807, 2.05) is 36.0 Å². The Morgan fingerprint density at radius 2 is 2.16 bits per heavy atom. The van der Waals surface area contributed by atoms with Gasteiger partial charge in [0.15, 0.2) is 0 Å². The molecule has 0 atom stereocenters. The number of halogens is 1. The molecule has 1 saturated carbocycles. The molecule has 1 aliphatic rings.